The molecule has 0 amide bonds. The maximum atomic E-state index is 12.5. The largest absolute Gasteiger partial charge is 0.426 e. The van der Waals surface area contributed by atoms with Crippen molar-refractivity contribution in [3.05, 3.63) is 35.9 Å². The Labute approximate surface area is 109 Å². The summed E-state index contributed by atoms with van der Waals surface area (Å²) < 4.78 is 75.0. The van der Waals surface area contributed by atoms with Crippen molar-refractivity contribution >= 4 is 5.71 Å². The van der Waals surface area contributed by atoms with Crippen molar-refractivity contribution in [1.82, 2.24) is 0 Å². The fourth-order valence-corrected chi connectivity index (χ4v) is 1.43. The van der Waals surface area contributed by atoms with E-state index in [4.69, 9.17) is 10.3 Å². The van der Waals surface area contributed by atoms with E-state index < -0.39 is 30.1 Å². The average Bonchev–Trinajstić information content (AvgIpc) is 2.34. The summed E-state index contributed by atoms with van der Waals surface area (Å²) in [6.07, 6.45) is -13.9. The van der Waals surface area contributed by atoms with E-state index in [-0.39, 0.29) is 5.56 Å². The van der Waals surface area contributed by atoms with Crippen LogP contribution >= 0.6 is 0 Å². The molecule has 0 aliphatic carbocycles. The number of halogens is 6. The second-order valence-electron chi connectivity index (χ2n) is 3.95. The smallest absolute Gasteiger partial charge is 0.411 e. The van der Waals surface area contributed by atoms with Gasteiger partial charge in [0, 0.05) is 6.42 Å². The predicted octanol–water partition coefficient (Wildman–Crippen LogP) is 3.11. The molecule has 0 aliphatic heterocycles. The van der Waals surface area contributed by atoms with Gasteiger partial charge in [-0.15, -0.1) is 0 Å². The summed E-state index contributed by atoms with van der Waals surface area (Å²) in [5.41, 5.74) is -6.08. The standard InChI is InChI=1S/C11H9F6NO2/c12-10(13,14)9(19,11(15,16)17)6-8(18-20)7-4-2-1-3-5-7/h1-5,19-20H,6H2/b18-8+. The van der Waals surface area contributed by atoms with Crippen molar-refractivity contribution in [2.75, 3.05) is 0 Å². The highest BCUT2D eigenvalue weighted by atomic mass is 19.4. The molecule has 0 bridgehead atoms. The van der Waals surface area contributed by atoms with E-state index in [0.29, 0.717) is 0 Å². The number of alkyl halides is 6. The Kier molecular flexibility index (Phi) is 4.33. The van der Waals surface area contributed by atoms with Crippen LogP contribution in [0.2, 0.25) is 0 Å². The Balaban J connectivity index is 3.21. The highest BCUT2D eigenvalue weighted by Gasteiger charge is 2.70. The van der Waals surface area contributed by atoms with E-state index >= 15 is 0 Å². The summed E-state index contributed by atoms with van der Waals surface area (Å²) in [6.45, 7) is 0. The Bertz CT molecular complexity index is 466. The predicted molar refractivity (Wildman–Crippen MR) is 56.4 cm³/mol. The van der Waals surface area contributed by atoms with E-state index in [9.17, 15) is 26.3 Å². The van der Waals surface area contributed by atoms with Gasteiger partial charge in [0.15, 0.2) is 0 Å². The van der Waals surface area contributed by atoms with Crippen LogP contribution in [-0.2, 0) is 0 Å². The first-order valence-corrected chi connectivity index (χ1v) is 5.15. The zero-order chi connectivity index (χ0) is 15.6. The van der Waals surface area contributed by atoms with Crippen molar-refractivity contribution in [2.24, 2.45) is 5.16 Å². The van der Waals surface area contributed by atoms with Crippen LogP contribution in [0.5, 0.6) is 0 Å². The van der Waals surface area contributed by atoms with Gasteiger partial charge in [-0.1, -0.05) is 35.5 Å². The zero-order valence-electron chi connectivity index (χ0n) is 9.70. The number of hydrogen-bond donors (Lipinski definition) is 2. The van der Waals surface area contributed by atoms with Crippen LogP contribution in [0, 0.1) is 0 Å². The maximum Gasteiger partial charge on any atom is 0.426 e. The highest BCUT2D eigenvalue weighted by molar-refractivity contribution is 6.00. The molecule has 20 heavy (non-hydrogen) atoms. The monoisotopic (exact) mass is 301 g/mol. The molecule has 1 aromatic carbocycles. The third-order valence-electron chi connectivity index (χ3n) is 2.59. The quantitative estimate of drug-likeness (QED) is 0.390. The van der Waals surface area contributed by atoms with Crippen molar-refractivity contribution in [2.45, 2.75) is 24.4 Å². The van der Waals surface area contributed by atoms with Gasteiger partial charge in [-0.2, -0.15) is 26.3 Å². The fourth-order valence-electron chi connectivity index (χ4n) is 1.43. The van der Waals surface area contributed by atoms with Gasteiger partial charge in [-0.05, 0) is 5.56 Å². The van der Waals surface area contributed by atoms with Crippen LogP contribution in [0.3, 0.4) is 0 Å². The highest BCUT2D eigenvalue weighted by Crippen LogP contribution is 2.45. The molecule has 0 spiro atoms. The van der Waals surface area contributed by atoms with Gasteiger partial charge >= 0.3 is 12.4 Å². The third-order valence-corrected chi connectivity index (χ3v) is 2.59. The van der Waals surface area contributed by atoms with Gasteiger partial charge in [-0.25, -0.2) is 0 Å². The lowest BCUT2D eigenvalue weighted by Gasteiger charge is -2.32. The first-order valence-electron chi connectivity index (χ1n) is 5.15. The number of hydrogen-bond acceptors (Lipinski definition) is 3. The first kappa shape index (κ1) is 16.3. The Morgan fingerprint density at radius 1 is 0.950 bits per heavy atom. The molecule has 9 heteroatoms. The number of rotatable bonds is 3. The molecule has 0 saturated carbocycles. The second-order valence-corrected chi connectivity index (χ2v) is 3.95. The lowest BCUT2D eigenvalue weighted by Crippen LogP contribution is -2.58. The number of oxime groups is 1. The van der Waals surface area contributed by atoms with Gasteiger partial charge in [0.1, 0.15) is 0 Å². The first-order chi connectivity index (χ1) is 9.03. The summed E-state index contributed by atoms with van der Waals surface area (Å²) in [5.74, 6) is 0. The van der Waals surface area contributed by atoms with Gasteiger partial charge in [0.25, 0.3) is 5.60 Å². The van der Waals surface area contributed by atoms with Crippen LogP contribution in [0.15, 0.2) is 35.5 Å². The van der Waals surface area contributed by atoms with Crippen molar-refractivity contribution in [1.29, 1.82) is 0 Å². The zero-order valence-corrected chi connectivity index (χ0v) is 9.70. The van der Waals surface area contributed by atoms with Gasteiger partial charge in [0.2, 0.25) is 0 Å². The third kappa shape index (κ3) is 3.03. The topological polar surface area (TPSA) is 52.8 Å². The molecule has 0 saturated heterocycles. The summed E-state index contributed by atoms with van der Waals surface area (Å²) >= 11 is 0. The minimum atomic E-state index is -5.96. The van der Waals surface area contributed by atoms with Crippen molar-refractivity contribution in [3.8, 4) is 0 Å². The van der Waals surface area contributed by atoms with Crippen LogP contribution in [0.1, 0.15) is 12.0 Å². The SMILES string of the molecule is O/N=C(\CC(O)(C(F)(F)F)C(F)(F)F)c1ccccc1. The normalized spacial score (nSPS) is 14.4. The molecular formula is C11H9F6NO2. The van der Waals surface area contributed by atoms with Gasteiger partial charge < -0.3 is 10.3 Å². The Morgan fingerprint density at radius 2 is 1.40 bits per heavy atom. The molecule has 0 radical (unpaired) electrons. The van der Waals surface area contributed by atoms with E-state index in [0.717, 1.165) is 12.1 Å². The molecule has 0 unspecified atom stereocenters. The molecular weight excluding hydrogens is 292 g/mol. The maximum absolute atomic E-state index is 12.5. The van der Waals surface area contributed by atoms with Crippen LogP contribution < -0.4 is 0 Å². The lowest BCUT2D eigenvalue weighted by atomic mass is 9.92. The summed E-state index contributed by atoms with van der Waals surface area (Å²) in [4.78, 5) is 0. The molecule has 112 valence electrons. The summed E-state index contributed by atoms with van der Waals surface area (Å²) in [5, 5.41) is 20.0. The van der Waals surface area contributed by atoms with Crippen LogP contribution in [0.4, 0.5) is 26.3 Å². The summed E-state index contributed by atoms with van der Waals surface area (Å²) in [6, 6.07) is 6.45. The number of benzene rings is 1. The molecule has 3 nitrogen and oxygen atoms in total. The van der Waals surface area contributed by atoms with E-state index in [1.807, 2.05) is 0 Å². The molecule has 0 fully saturated rings. The molecule has 1 aromatic rings. The lowest BCUT2D eigenvalue weighted by molar-refractivity contribution is -0.365. The number of nitrogens with zero attached hydrogens (tertiary/aromatic N) is 1. The molecule has 1 rings (SSSR count). The van der Waals surface area contributed by atoms with Gasteiger partial charge in [-0.3, -0.25) is 0 Å². The second kappa shape index (κ2) is 5.31. The van der Waals surface area contributed by atoms with E-state index in [1.54, 1.807) is 0 Å². The van der Waals surface area contributed by atoms with E-state index in [1.165, 1.54) is 18.2 Å². The van der Waals surface area contributed by atoms with Gasteiger partial charge in [0.05, 0.1) is 5.71 Å². The van der Waals surface area contributed by atoms with Crippen molar-refractivity contribution in [3.63, 3.8) is 0 Å². The van der Waals surface area contributed by atoms with Crippen LogP contribution in [0.25, 0.3) is 0 Å². The minimum Gasteiger partial charge on any atom is -0.411 e. The van der Waals surface area contributed by atoms with Crippen LogP contribution in [-0.4, -0.2) is 34.0 Å². The molecule has 2 N–H and O–H groups in total. The molecule has 0 atom stereocenters. The number of aliphatic hydroxyl groups is 1. The van der Waals surface area contributed by atoms with E-state index in [2.05, 4.69) is 5.16 Å². The fraction of sp³-hybridized carbons (Fsp3) is 0.364. The Hall–Kier alpha value is -1.77. The van der Waals surface area contributed by atoms with Crippen molar-refractivity contribution < 1.29 is 36.7 Å². The summed E-state index contributed by atoms with van der Waals surface area (Å²) in [7, 11) is 0. The molecule has 0 aliphatic rings. The Morgan fingerprint density at radius 3 is 1.75 bits per heavy atom. The minimum absolute atomic E-state index is 0.165. The molecule has 0 aromatic heterocycles. The average molecular weight is 301 g/mol. The molecule has 0 heterocycles.